The SMILES string of the molecule is Cc1noc(C)c1[C@H](C)c1nc([C@H]2CCO[C@@H]2C(C)(C)C)no1. The van der Waals surface area contributed by atoms with E-state index in [0.29, 0.717) is 5.89 Å². The van der Waals surface area contributed by atoms with E-state index in [9.17, 15) is 0 Å². The molecule has 1 aliphatic rings. The summed E-state index contributed by atoms with van der Waals surface area (Å²) in [5.74, 6) is 2.30. The Morgan fingerprint density at radius 3 is 2.48 bits per heavy atom. The van der Waals surface area contributed by atoms with E-state index in [1.165, 1.54) is 0 Å². The molecule has 3 heterocycles. The molecule has 3 atom stereocenters. The van der Waals surface area contributed by atoms with Gasteiger partial charge in [-0.15, -0.1) is 0 Å². The summed E-state index contributed by atoms with van der Waals surface area (Å²) in [5.41, 5.74) is 1.94. The minimum absolute atomic E-state index is 0.0297. The maximum absolute atomic E-state index is 5.92. The van der Waals surface area contributed by atoms with E-state index in [1.54, 1.807) is 0 Å². The summed E-state index contributed by atoms with van der Waals surface area (Å²) in [4.78, 5) is 4.67. The van der Waals surface area contributed by atoms with Crippen molar-refractivity contribution in [1.29, 1.82) is 0 Å². The van der Waals surface area contributed by atoms with Crippen LogP contribution in [0.15, 0.2) is 9.05 Å². The predicted octanol–water partition coefficient (Wildman–Crippen LogP) is 3.74. The molecule has 0 spiro atoms. The molecule has 6 heteroatoms. The first-order chi connectivity index (χ1) is 10.8. The van der Waals surface area contributed by atoms with Crippen LogP contribution in [0.25, 0.3) is 0 Å². The van der Waals surface area contributed by atoms with Gasteiger partial charge in [-0.05, 0) is 32.6 Å². The van der Waals surface area contributed by atoms with Crippen LogP contribution < -0.4 is 0 Å². The lowest BCUT2D eigenvalue weighted by Crippen LogP contribution is -2.30. The molecule has 3 rings (SSSR count). The summed E-state index contributed by atoms with van der Waals surface area (Å²) in [7, 11) is 0. The van der Waals surface area contributed by atoms with Gasteiger partial charge in [0.05, 0.1) is 23.6 Å². The molecule has 1 aliphatic heterocycles. The Labute approximate surface area is 136 Å². The second-order valence-corrected chi connectivity index (χ2v) is 7.50. The minimum Gasteiger partial charge on any atom is -0.377 e. The zero-order chi connectivity index (χ0) is 16.8. The molecule has 0 N–H and O–H groups in total. The fourth-order valence-corrected chi connectivity index (χ4v) is 3.51. The number of aryl methyl sites for hydroxylation is 2. The highest BCUT2D eigenvalue weighted by molar-refractivity contribution is 5.29. The van der Waals surface area contributed by atoms with Crippen LogP contribution in [-0.4, -0.2) is 28.0 Å². The lowest BCUT2D eigenvalue weighted by Gasteiger charge is -2.29. The van der Waals surface area contributed by atoms with Crippen LogP contribution in [0.5, 0.6) is 0 Å². The van der Waals surface area contributed by atoms with Crippen LogP contribution in [0.3, 0.4) is 0 Å². The average molecular weight is 319 g/mol. The molecule has 0 aromatic carbocycles. The van der Waals surface area contributed by atoms with Gasteiger partial charge in [0.25, 0.3) is 0 Å². The van der Waals surface area contributed by atoms with Gasteiger partial charge in [0.2, 0.25) is 5.89 Å². The maximum atomic E-state index is 5.92. The maximum Gasteiger partial charge on any atom is 0.234 e. The first kappa shape index (κ1) is 16.2. The zero-order valence-electron chi connectivity index (χ0n) is 14.7. The molecule has 23 heavy (non-hydrogen) atoms. The molecule has 0 bridgehead atoms. The Balaban J connectivity index is 1.86. The largest absolute Gasteiger partial charge is 0.377 e. The number of rotatable bonds is 3. The van der Waals surface area contributed by atoms with E-state index in [1.807, 2.05) is 20.8 Å². The monoisotopic (exact) mass is 319 g/mol. The number of hydrogen-bond donors (Lipinski definition) is 0. The lowest BCUT2D eigenvalue weighted by atomic mass is 9.81. The van der Waals surface area contributed by atoms with Crippen molar-refractivity contribution in [3.63, 3.8) is 0 Å². The summed E-state index contributed by atoms with van der Waals surface area (Å²) in [6, 6.07) is 0. The van der Waals surface area contributed by atoms with Crippen molar-refractivity contribution in [3.05, 3.63) is 28.7 Å². The third-order valence-corrected chi connectivity index (χ3v) is 4.63. The topological polar surface area (TPSA) is 74.2 Å². The second-order valence-electron chi connectivity index (χ2n) is 7.50. The van der Waals surface area contributed by atoms with Crippen molar-refractivity contribution in [1.82, 2.24) is 15.3 Å². The first-order valence-electron chi connectivity index (χ1n) is 8.17. The van der Waals surface area contributed by atoms with Gasteiger partial charge in [-0.25, -0.2) is 0 Å². The standard InChI is InChI=1S/C17H25N3O3/c1-9(13-10(2)19-22-11(13)3)16-18-15(20-23-16)12-7-8-21-14(12)17(4,5)6/h9,12,14H,7-8H2,1-6H3/t9-,12-,14-/m0/s1. The van der Waals surface area contributed by atoms with Crippen molar-refractivity contribution in [2.75, 3.05) is 6.61 Å². The van der Waals surface area contributed by atoms with Gasteiger partial charge in [-0.2, -0.15) is 4.98 Å². The highest BCUT2D eigenvalue weighted by Gasteiger charge is 2.41. The van der Waals surface area contributed by atoms with Gasteiger partial charge >= 0.3 is 0 Å². The van der Waals surface area contributed by atoms with E-state index in [2.05, 4.69) is 36.1 Å². The number of hydrogen-bond acceptors (Lipinski definition) is 6. The molecular weight excluding hydrogens is 294 g/mol. The van der Waals surface area contributed by atoms with Gasteiger partial charge in [0.1, 0.15) is 5.76 Å². The van der Waals surface area contributed by atoms with Gasteiger partial charge in [-0.1, -0.05) is 31.1 Å². The second kappa shape index (κ2) is 5.74. The molecule has 126 valence electrons. The van der Waals surface area contributed by atoms with Crippen LogP contribution in [-0.2, 0) is 4.74 Å². The van der Waals surface area contributed by atoms with Crippen LogP contribution >= 0.6 is 0 Å². The molecule has 6 nitrogen and oxygen atoms in total. The van der Waals surface area contributed by atoms with E-state index in [0.717, 1.165) is 35.9 Å². The Morgan fingerprint density at radius 1 is 1.13 bits per heavy atom. The molecule has 1 saturated heterocycles. The number of nitrogens with zero attached hydrogens (tertiary/aromatic N) is 3. The highest BCUT2D eigenvalue weighted by atomic mass is 16.5. The molecule has 0 aliphatic carbocycles. The number of ether oxygens (including phenoxy) is 1. The van der Waals surface area contributed by atoms with Gasteiger partial charge in [-0.3, -0.25) is 0 Å². The molecule has 1 fully saturated rings. The third kappa shape index (κ3) is 2.92. The Kier molecular flexibility index (Phi) is 4.04. The zero-order valence-corrected chi connectivity index (χ0v) is 14.7. The predicted molar refractivity (Wildman–Crippen MR) is 84.3 cm³/mol. The van der Waals surface area contributed by atoms with Crippen molar-refractivity contribution >= 4 is 0 Å². The summed E-state index contributed by atoms with van der Waals surface area (Å²) in [6.45, 7) is 13.2. The smallest absolute Gasteiger partial charge is 0.234 e. The molecule has 0 saturated carbocycles. The van der Waals surface area contributed by atoms with Crippen LogP contribution in [0.2, 0.25) is 0 Å². The molecule has 2 aromatic heterocycles. The Hall–Kier alpha value is -1.69. The summed E-state index contributed by atoms with van der Waals surface area (Å²) in [5, 5.41) is 8.24. The van der Waals surface area contributed by atoms with Gasteiger partial charge in [0.15, 0.2) is 5.82 Å². The van der Waals surface area contributed by atoms with E-state index in [4.69, 9.17) is 13.8 Å². The van der Waals surface area contributed by atoms with Crippen LogP contribution in [0, 0.1) is 19.3 Å². The normalized spacial score (nSPS) is 23.4. The third-order valence-electron chi connectivity index (χ3n) is 4.63. The van der Waals surface area contributed by atoms with Crippen molar-refractivity contribution in [3.8, 4) is 0 Å². The van der Waals surface area contributed by atoms with Crippen molar-refractivity contribution < 1.29 is 13.8 Å². The van der Waals surface area contributed by atoms with E-state index in [-0.39, 0.29) is 23.4 Å². The Morgan fingerprint density at radius 2 is 1.87 bits per heavy atom. The molecule has 0 amide bonds. The van der Waals surface area contributed by atoms with E-state index >= 15 is 0 Å². The molecule has 0 unspecified atom stereocenters. The summed E-state index contributed by atoms with van der Waals surface area (Å²) < 4.78 is 16.7. The first-order valence-corrected chi connectivity index (χ1v) is 8.17. The van der Waals surface area contributed by atoms with Crippen molar-refractivity contribution in [2.45, 2.75) is 65.9 Å². The molecule has 2 aromatic rings. The molecular formula is C17H25N3O3. The number of aromatic nitrogens is 3. The molecule has 0 radical (unpaired) electrons. The fourth-order valence-electron chi connectivity index (χ4n) is 3.51. The Bertz CT molecular complexity index is 664. The highest BCUT2D eigenvalue weighted by Crippen LogP contribution is 2.40. The summed E-state index contributed by atoms with van der Waals surface area (Å²) >= 11 is 0. The van der Waals surface area contributed by atoms with Gasteiger partial charge in [0, 0.05) is 12.2 Å². The quantitative estimate of drug-likeness (QED) is 0.858. The van der Waals surface area contributed by atoms with Gasteiger partial charge < -0.3 is 13.8 Å². The minimum atomic E-state index is -0.0297. The van der Waals surface area contributed by atoms with Crippen LogP contribution in [0.4, 0.5) is 0 Å². The van der Waals surface area contributed by atoms with Crippen molar-refractivity contribution in [2.24, 2.45) is 5.41 Å². The van der Waals surface area contributed by atoms with E-state index < -0.39 is 0 Å². The lowest BCUT2D eigenvalue weighted by molar-refractivity contribution is 0.0193. The summed E-state index contributed by atoms with van der Waals surface area (Å²) in [6.07, 6.45) is 1.04. The fraction of sp³-hybridized carbons (Fsp3) is 0.706. The average Bonchev–Trinajstić information content (AvgIpc) is 3.16. The van der Waals surface area contributed by atoms with Crippen LogP contribution in [0.1, 0.15) is 74.7 Å².